The summed E-state index contributed by atoms with van der Waals surface area (Å²) in [5.41, 5.74) is 3.94. The van der Waals surface area contributed by atoms with Crippen molar-refractivity contribution in [3.63, 3.8) is 0 Å². The summed E-state index contributed by atoms with van der Waals surface area (Å²) in [4.78, 5) is 6.02. The zero-order valence-corrected chi connectivity index (χ0v) is 19.8. The molecule has 0 spiro atoms. The van der Waals surface area contributed by atoms with Gasteiger partial charge in [0.05, 0.1) is 17.2 Å². The van der Waals surface area contributed by atoms with Crippen molar-refractivity contribution >= 4 is 26.5 Å². The quantitative estimate of drug-likeness (QED) is 0.357. The topological polar surface area (TPSA) is 59.0 Å². The van der Waals surface area contributed by atoms with Gasteiger partial charge in [-0.05, 0) is 29.5 Å². The maximum absolute atomic E-state index is 14.0. The van der Waals surface area contributed by atoms with Crippen LogP contribution in [0.25, 0.3) is 10.8 Å². The number of oxime groups is 1. The normalized spacial score (nSPS) is 15.9. The fourth-order valence-electron chi connectivity index (χ4n) is 4.26. The minimum absolute atomic E-state index is 0.208. The Balaban J connectivity index is 1.45. The van der Waals surface area contributed by atoms with Crippen LogP contribution in [0.1, 0.15) is 23.1 Å². The molecule has 0 saturated heterocycles. The number of sulfonamides is 1. The predicted molar refractivity (Wildman–Crippen MR) is 135 cm³/mol. The molecule has 0 saturated carbocycles. The van der Waals surface area contributed by atoms with E-state index in [-0.39, 0.29) is 19.2 Å². The number of nitrogens with zero attached hydrogens (tertiary/aromatic N) is 2. The summed E-state index contributed by atoms with van der Waals surface area (Å²) in [5, 5.41) is 5.89. The highest BCUT2D eigenvalue weighted by atomic mass is 32.2. The molecule has 0 unspecified atom stereocenters. The maximum atomic E-state index is 14.0. The van der Waals surface area contributed by atoms with Crippen LogP contribution < -0.4 is 0 Å². The van der Waals surface area contributed by atoms with Crippen LogP contribution in [0.3, 0.4) is 0 Å². The first kappa shape index (κ1) is 22.3. The van der Waals surface area contributed by atoms with E-state index >= 15 is 0 Å². The van der Waals surface area contributed by atoms with Gasteiger partial charge >= 0.3 is 0 Å². The smallest absolute Gasteiger partial charge is 0.244 e. The van der Waals surface area contributed by atoms with Crippen molar-refractivity contribution in [2.45, 2.75) is 30.9 Å². The second-order valence-corrected chi connectivity index (χ2v) is 10.5. The van der Waals surface area contributed by atoms with Gasteiger partial charge in [0.2, 0.25) is 10.0 Å². The molecule has 1 heterocycles. The van der Waals surface area contributed by atoms with Crippen LogP contribution in [0, 0.1) is 6.92 Å². The van der Waals surface area contributed by atoms with Crippen molar-refractivity contribution in [2.24, 2.45) is 5.16 Å². The number of benzene rings is 4. The SMILES string of the molecule is Cc1ccc(C2=NO[C@H](CN(Cc3ccccc3)S(=O)(=O)c3cccc4ccccc34)C2)cc1. The van der Waals surface area contributed by atoms with Gasteiger partial charge in [-0.15, -0.1) is 0 Å². The Hall–Kier alpha value is -3.48. The maximum Gasteiger partial charge on any atom is 0.244 e. The summed E-state index contributed by atoms with van der Waals surface area (Å²) < 4.78 is 29.4. The highest BCUT2D eigenvalue weighted by Crippen LogP contribution is 2.28. The summed E-state index contributed by atoms with van der Waals surface area (Å²) in [6.45, 7) is 2.50. The van der Waals surface area contributed by atoms with Gasteiger partial charge in [-0.3, -0.25) is 0 Å². The molecule has 34 heavy (non-hydrogen) atoms. The van der Waals surface area contributed by atoms with Crippen LogP contribution in [0.4, 0.5) is 0 Å². The van der Waals surface area contributed by atoms with E-state index in [4.69, 9.17) is 4.84 Å². The minimum atomic E-state index is -3.80. The highest BCUT2D eigenvalue weighted by molar-refractivity contribution is 7.89. The van der Waals surface area contributed by atoms with E-state index in [0.29, 0.717) is 16.7 Å². The molecule has 6 heteroatoms. The Morgan fingerprint density at radius 2 is 1.59 bits per heavy atom. The van der Waals surface area contributed by atoms with E-state index < -0.39 is 10.0 Å². The number of rotatable bonds is 7. The minimum Gasteiger partial charge on any atom is -0.390 e. The first-order chi connectivity index (χ1) is 16.5. The van der Waals surface area contributed by atoms with Crippen LogP contribution >= 0.6 is 0 Å². The lowest BCUT2D eigenvalue weighted by Crippen LogP contribution is -2.37. The van der Waals surface area contributed by atoms with E-state index in [0.717, 1.165) is 22.2 Å². The van der Waals surface area contributed by atoms with E-state index in [1.807, 2.05) is 91.9 Å². The molecule has 0 radical (unpaired) electrons. The number of fused-ring (bicyclic) bond motifs is 1. The molecular formula is C28H26N2O3S. The second kappa shape index (κ2) is 9.41. The molecular weight excluding hydrogens is 444 g/mol. The molecule has 1 atom stereocenters. The molecule has 0 N–H and O–H groups in total. The Morgan fingerprint density at radius 3 is 2.38 bits per heavy atom. The fraction of sp³-hybridized carbons (Fsp3) is 0.179. The van der Waals surface area contributed by atoms with E-state index in [1.54, 1.807) is 12.1 Å². The van der Waals surface area contributed by atoms with Crippen molar-refractivity contribution in [3.8, 4) is 0 Å². The molecule has 0 bridgehead atoms. The van der Waals surface area contributed by atoms with Crippen LogP contribution in [0.5, 0.6) is 0 Å². The Bertz CT molecular complexity index is 1430. The third-order valence-corrected chi connectivity index (χ3v) is 7.96. The fourth-order valence-corrected chi connectivity index (χ4v) is 5.94. The monoisotopic (exact) mass is 470 g/mol. The van der Waals surface area contributed by atoms with Crippen LogP contribution in [0.2, 0.25) is 0 Å². The Morgan fingerprint density at radius 1 is 0.882 bits per heavy atom. The molecule has 4 aromatic carbocycles. The van der Waals surface area contributed by atoms with Gasteiger partial charge in [0, 0.05) is 18.4 Å². The zero-order valence-electron chi connectivity index (χ0n) is 19.0. The lowest BCUT2D eigenvalue weighted by Gasteiger charge is -2.25. The van der Waals surface area contributed by atoms with Gasteiger partial charge in [0.1, 0.15) is 6.10 Å². The van der Waals surface area contributed by atoms with Crippen molar-refractivity contribution in [1.82, 2.24) is 4.31 Å². The van der Waals surface area contributed by atoms with Crippen molar-refractivity contribution in [1.29, 1.82) is 0 Å². The summed E-state index contributed by atoms with van der Waals surface area (Å²) in [5.74, 6) is 0. The van der Waals surface area contributed by atoms with Crippen LogP contribution in [-0.4, -0.2) is 31.1 Å². The molecule has 5 nitrogen and oxygen atoms in total. The van der Waals surface area contributed by atoms with Gasteiger partial charge < -0.3 is 4.84 Å². The molecule has 172 valence electrons. The lowest BCUT2D eigenvalue weighted by molar-refractivity contribution is 0.0694. The third-order valence-electron chi connectivity index (χ3n) is 6.09. The second-order valence-electron chi connectivity index (χ2n) is 8.60. The van der Waals surface area contributed by atoms with Crippen molar-refractivity contribution < 1.29 is 13.3 Å². The average molecular weight is 471 g/mol. The van der Waals surface area contributed by atoms with Crippen LogP contribution in [0.15, 0.2) is 107 Å². The average Bonchev–Trinajstić information content (AvgIpc) is 3.33. The summed E-state index contributed by atoms with van der Waals surface area (Å²) in [7, 11) is -3.80. The van der Waals surface area contributed by atoms with Gasteiger partial charge in [0.15, 0.2) is 0 Å². The summed E-state index contributed by atoms with van der Waals surface area (Å²) in [6.07, 6.45) is 0.198. The molecule has 1 aliphatic rings. The summed E-state index contributed by atoms with van der Waals surface area (Å²) in [6, 6.07) is 30.7. The standard InChI is InChI=1S/C28H26N2O3S/c1-21-14-16-24(17-15-21)27-18-25(33-29-27)20-30(19-22-8-3-2-4-9-22)34(31,32)28-13-7-11-23-10-5-6-12-26(23)28/h2-17,25H,18-20H2,1H3/t25-/m0/s1. The molecule has 0 aromatic heterocycles. The van der Waals surface area contributed by atoms with E-state index in [1.165, 1.54) is 9.87 Å². The molecule has 4 aromatic rings. The zero-order chi connectivity index (χ0) is 23.5. The first-order valence-electron chi connectivity index (χ1n) is 11.3. The van der Waals surface area contributed by atoms with Gasteiger partial charge in [-0.25, -0.2) is 8.42 Å². The van der Waals surface area contributed by atoms with Gasteiger partial charge in [-0.2, -0.15) is 4.31 Å². The molecule has 0 amide bonds. The number of aryl methyl sites for hydroxylation is 1. The molecule has 0 fully saturated rings. The summed E-state index contributed by atoms with van der Waals surface area (Å²) >= 11 is 0. The largest absolute Gasteiger partial charge is 0.390 e. The van der Waals surface area contributed by atoms with Gasteiger partial charge in [-0.1, -0.05) is 102 Å². The third kappa shape index (κ3) is 4.60. The first-order valence-corrected chi connectivity index (χ1v) is 12.8. The molecule has 5 rings (SSSR count). The Labute approximate surface area is 200 Å². The number of hydrogen-bond acceptors (Lipinski definition) is 4. The van der Waals surface area contributed by atoms with Gasteiger partial charge in [0.25, 0.3) is 0 Å². The van der Waals surface area contributed by atoms with E-state index in [2.05, 4.69) is 5.16 Å². The molecule has 1 aliphatic heterocycles. The predicted octanol–water partition coefficient (Wildman–Crippen LogP) is 5.53. The van der Waals surface area contributed by atoms with Crippen molar-refractivity contribution in [2.75, 3.05) is 6.54 Å². The molecule has 0 aliphatic carbocycles. The highest BCUT2D eigenvalue weighted by Gasteiger charge is 2.32. The van der Waals surface area contributed by atoms with E-state index in [9.17, 15) is 8.42 Å². The van der Waals surface area contributed by atoms with Crippen LogP contribution in [-0.2, 0) is 21.4 Å². The number of hydrogen-bond donors (Lipinski definition) is 0. The lowest BCUT2D eigenvalue weighted by atomic mass is 10.0. The van der Waals surface area contributed by atoms with Crippen molar-refractivity contribution in [3.05, 3.63) is 114 Å². The Kier molecular flexibility index (Phi) is 6.18.